The summed E-state index contributed by atoms with van der Waals surface area (Å²) in [6, 6.07) is 2.06. The van der Waals surface area contributed by atoms with Crippen molar-refractivity contribution >= 4 is 34.2 Å². The molecular formula is C24H22ClF2N7O. The topological polar surface area (TPSA) is 97.4 Å². The molecule has 3 aromatic heterocycles. The number of imidazole rings is 1. The van der Waals surface area contributed by atoms with Gasteiger partial charge < -0.3 is 15.4 Å². The predicted molar refractivity (Wildman–Crippen MR) is 127 cm³/mol. The second-order valence-corrected chi connectivity index (χ2v) is 9.65. The summed E-state index contributed by atoms with van der Waals surface area (Å²) >= 11 is 5.70. The number of aromatic nitrogens is 5. The maximum absolute atomic E-state index is 14.2. The third-order valence-corrected chi connectivity index (χ3v) is 7.46. The average molecular weight is 498 g/mol. The van der Waals surface area contributed by atoms with Crippen molar-refractivity contribution in [2.75, 3.05) is 24.6 Å². The van der Waals surface area contributed by atoms with Crippen LogP contribution in [-0.4, -0.2) is 56.4 Å². The molecule has 11 heteroatoms. The van der Waals surface area contributed by atoms with Gasteiger partial charge in [0.2, 0.25) is 5.95 Å². The zero-order valence-corrected chi connectivity index (χ0v) is 19.6. The van der Waals surface area contributed by atoms with Crippen LogP contribution in [0.2, 0.25) is 5.02 Å². The first-order chi connectivity index (χ1) is 16.9. The number of anilines is 1. The lowest BCUT2D eigenvalue weighted by Gasteiger charge is -2.41. The maximum atomic E-state index is 14.2. The van der Waals surface area contributed by atoms with Crippen LogP contribution in [-0.2, 0) is 4.74 Å². The van der Waals surface area contributed by atoms with E-state index in [-0.39, 0.29) is 28.1 Å². The molecule has 180 valence electrons. The normalized spacial score (nSPS) is 21.7. The van der Waals surface area contributed by atoms with E-state index in [2.05, 4.69) is 31.9 Å². The van der Waals surface area contributed by atoms with E-state index in [4.69, 9.17) is 27.1 Å². The number of hydrogen-bond acceptors (Lipinski definition) is 6. The summed E-state index contributed by atoms with van der Waals surface area (Å²) in [4.78, 5) is 11.5. The van der Waals surface area contributed by atoms with Gasteiger partial charge in [-0.1, -0.05) is 17.5 Å². The van der Waals surface area contributed by atoms with Crippen molar-refractivity contribution in [1.29, 1.82) is 0 Å². The quantitative estimate of drug-likeness (QED) is 0.392. The van der Waals surface area contributed by atoms with Crippen molar-refractivity contribution in [2.45, 2.75) is 31.9 Å². The van der Waals surface area contributed by atoms with E-state index in [9.17, 15) is 8.78 Å². The van der Waals surface area contributed by atoms with E-state index >= 15 is 0 Å². The largest absolute Gasteiger partial charge is 0.376 e. The third kappa shape index (κ3) is 3.54. The van der Waals surface area contributed by atoms with Crippen LogP contribution in [0.25, 0.3) is 16.7 Å². The first kappa shape index (κ1) is 22.2. The van der Waals surface area contributed by atoms with Crippen LogP contribution in [0.3, 0.4) is 0 Å². The van der Waals surface area contributed by atoms with E-state index in [0.717, 1.165) is 44.0 Å². The van der Waals surface area contributed by atoms with Crippen LogP contribution in [0.1, 0.15) is 31.0 Å². The van der Waals surface area contributed by atoms with Gasteiger partial charge in [0.1, 0.15) is 17.3 Å². The Morgan fingerprint density at radius 1 is 1.23 bits per heavy atom. The SMILES string of the molecule is C[C@@H]1OCC2(CCN(c3nc4[nH]nc(C#Cc5c(F)cc(Cl)cc5F)c4c4nccn34)CC2)[C@@H]1N. The minimum absolute atomic E-state index is 0.00294. The van der Waals surface area contributed by atoms with Crippen molar-refractivity contribution in [3.63, 3.8) is 0 Å². The molecule has 5 heterocycles. The van der Waals surface area contributed by atoms with Gasteiger partial charge in [-0.3, -0.25) is 9.50 Å². The fourth-order valence-corrected chi connectivity index (χ4v) is 5.34. The number of halogens is 3. The van der Waals surface area contributed by atoms with Crippen molar-refractivity contribution in [3.8, 4) is 11.8 Å². The fraction of sp³-hybridized carbons (Fsp3) is 0.375. The molecule has 6 rings (SSSR count). The summed E-state index contributed by atoms with van der Waals surface area (Å²) in [6.45, 7) is 4.29. The average Bonchev–Trinajstić information content (AvgIpc) is 3.54. The highest BCUT2D eigenvalue weighted by Crippen LogP contribution is 2.42. The number of hydrogen-bond donors (Lipinski definition) is 2. The van der Waals surface area contributed by atoms with Crippen molar-refractivity contribution in [1.82, 2.24) is 24.6 Å². The molecule has 2 atom stereocenters. The second kappa shape index (κ2) is 8.16. The van der Waals surface area contributed by atoms with Gasteiger partial charge in [-0.25, -0.2) is 13.8 Å². The molecule has 2 saturated heterocycles. The summed E-state index contributed by atoms with van der Waals surface area (Å²) in [7, 11) is 0. The summed E-state index contributed by atoms with van der Waals surface area (Å²) < 4.78 is 36.1. The molecule has 4 aromatic rings. The predicted octanol–water partition coefficient (Wildman–Crippen LogP) is 3.27. The molecule has 0 saturated carbocycles. The zero-order valence-electron chi connectivity index (χ0n) is 18.9. The third-order valence-electron chi connectivity index (χ3n) is 7.24. The highest BCUT2D eigenvalue weighted by molar-refractivity contribution is 6.30. The molecule has 2 aliphatic heterocycles. The number of nitrogens with zero attached hydrogens (tertiary/aromatic N) is 5. The Labute approximate surface area is 204 Å². The number of nitrogens with one attached hydrogen (secondary N) is 1. The molecule has 2 fully saturated rings. The standard InChI is InChI=1S/C24H22ClF2N7O/c1-13-20(28)24(12-35-13)4-7-33(8-5-24)23-30-21-19(22-29-6-9-34(22)23)18(31-32-21)3-2-15-16(26)10-14(25)11-17(15)27/h6,9-11,13,20H,4-5,7-8,12,28H2,1H3,(H,31,32)/t13-,20+/m0/s1. The smallest absolute Gasteiger partial charge is 0.213 e. The van der Waals surface area contributed by atoms with E-state index in [1.165, 1.54) is 0 Å². The van der Waals surface area contributed by atoms with E-state index < -0.39 is 11.6 Å². The Bertz CT molecular complexity index is 1490. The summed E-state index contributed by atoms with van der Waals surface area (Å²) in [5, 5.41) is 7.68. The van der Waals surface area contributed by atoms with Gasteiger partial charge in [-0.05, 0) is 37.8 Å². The van der Waals surface area contributed by atoms with Gasteiger partial charge in [0.15, 0.2) is 11.3 Å². The zero-order chi connectivity index (χ0) is 24.3. The molecule has 0 bridgehead atoms. The molecule has 8 nitrogen and oxygen atoms in total. The molecule has 1 spiro atoms. The molecule has 0 radical (unpaired) electrons. The molecule has 2 aliphatic rings. The van der Waals surface area contributed by atoms with E-state index in [0.29, 0.717) is 29.0 Å². The number of fused-ring (bicyclic) bond motifs is 3. The fourth-order valence-electron chi connectivity index (χ4n) is 5.15. The number of piperidine rings is 1. The lowest BCUT2D eigenvalue weighted by Crippen LogP contribution is -2.51. The minimum Gasteiger partial charge on any atom is -0.376 e. The Kier molecular flexibility index (Phi) is 5.18. The molecule has 3 N–H and O–H groups in total. The number of rotatable bonds is 1. The van der Waals surface area contributed by atoms with Gasteiger partial charge in [0, 0.05) is 42.0 Å². The van der Waals surface area contributed by atoms with Gasteiger partial charge in [0.05, 0.1) is 23.7 Å². The van der Waals surface area contributed by atoms with Gasteiger partial charge in [0.25, 0.3) is 0 Å². The lowest BCUT2D eigenvalue weighted by molar-refractivity contribution is 0.0973. The number of ether oxygens (including phenoxy) is 1. The van der Waals surface area contributed by atoms with Gasteiger partial charge in [-0.15, -0.1) is 0 Å². The first-order valence-electron chi connectivity index (χ1n) is 11.4. The molecular weight excluding hydrogens is 476 g/mol. The molecule has 35 heavy (non-hydrogen) atoms. The molecule has 0 amide bonds. The molecule has 0 aliphatic carbocycles. The lowest BCUT2D eigenvalue weighted by atomic mass is 9.73. The van der Waals surface area contributed by atoms with Crippen molar-refractivity contribution < 1.29 is 13.5 Å². The number of benzene rings is 1. The van der Waals surface area contributed by atoms with Crippen LogP contribution in [0.4, 0.5) is 14.7 Å². The van der Waals surface area contributed by atoms with Crippen LogP contribution >= 0.6 is 11.6 Å². The second-order valence-electron chi connectivity index (χ2n) is 9.21. The molecule has 0 unspecified atom stereocenters. The molecule has 1 aromatic carbocycles. The number of H-pyrrole nitrogens is 1. The highest BCUT2D eigenvalue weighted by atomic mass is 35.5. The Morgan fingerprint density at radius 2 is 1.97 bits per heavy atom. The highest BCUT2D eigenvalue weighted by Gasteiger charge is 2.47. The van der Waals surface area contributed by atoms with Crippen LogP contribution in [0.15, 0.2) is 24.5 Å². The Morgan fingerprint density at radius 3 is 2.66 bits per heavy atom. The summed E-state index contributed by atoms with van der Waals surface area (Å²) in [6.07, 6.45) is 5.39. The first-order valence-corrected chi connectivity index (χ1v) is 11.7. The van der Waals surface area contributed by atoms with Crippen LogP contribution in [0, 0.1) is 28.9 Å². The van der Waals surface area contributed by atoms with Crippen LogP contribution < -0.4 is 10.6 Å². The van der Waals surface area contributed by atoms with Crippen molar-refractivity contribution in [2.24, 2.45) is 11.1 Å². The minimum atomic E-state index is -0.835. The Balaban J connectivity index is 1.36. The summed E-state index contributed by atoms with van der Waals surface area (Å²) in [5.74, 6) is 4.36. The number of aromatic amines is 1. The van der Waals surface area contributed by atoms with Crippen molar-refractivity contribution in [3.05, 3.63) is 52.4 Å². The Hall–Kier alpha value is -3.26. The van der Waals surface area contributed by atoms with Gasteiger partial charge >= 0.3 is 0 Å². The van der Waals surface area contributed by atoms with Crippen LogP contribution in [0.5, 0.6) is 0 Å². The number of nitrogens with two attached hydrogens (primary N) is 1. The van der Waals surface area contributed by atoms with E-state index in [1.807, 2.05) is 17.5 Å². The van der Waals surface area contributed by atoms with E-state index in [1.54, 1.807) is 6.20 Å². The maximum Gasteiger partial charge on any atom is 0.213 e. The van der Waals surface area contributed by atoms with Gasteiger partial charge in [-0.2, -0.15) is 10.1 Å². The summed E-state index contributed by atoms with van der Waals surface area (Å²) in [5.41, 5.74) is 7.49. The monoisotopic (exact) mass is 497 g/mol.